The minimum Gasteiger partial charge on any atom is -0.459 e. The molecule has 1 heterocycles. The van der Waals surface area contributed by atoms with Gasteiger partial charge in [0.2, 0.25) is 5.91 Å². The second kappa shape index (κ2) is 8.99. The van der Waals surface area contributed by atoms with Crippen molar-refractivity contribution in [1.82, 2.24) is 4.98 Å². The molecule has 0 fully saturated rings. The molecule has 2 aromatic carbocycles. The van der Waals surface area contributed by atoms with Gasteiger partial charge in [0.05, 0.1) is 17.8 Å². The Labute approximate surface area is 172 Å². The van der Waals surface area contributed by atoms with Crippen LogP contribution in [0.1, 0.15) is 23.7 Å². The van der Waals surface area contributed by atoms with E-state index in [1.165, 1.54) is 23.2 Å². The Morgan fingerprint density at radius 1 is 1.18 bits per heavy atom. The maximum absolute atomic E-state index is 12.1. The standard InChI is InChI=1S/C21H19ClN2O3S/c1-14-6-8-16(9-7-14)10-20(26)27-12-18-13-28-21(23-18)24(15(2)25)19-5-3-4-17(22)11-19/h3-9,11,13H,10,12H2,1-2H3. The lowest BCUT2D eigenvalue weighted by Crippen LogP contribution is -2.22. The molecule has 0 saturated heterocycles. The number of hydrogen-bond donors (Lipinski definition) is 0. The van der Waals surface area contributed by atoms with Gasteiger partial charge in [0.1, 0.15) is 6.61 Å². The minimum absolute atomic E-state index is 0.0580. The normalized spacial score (nSPS) is 10.5. The largest absolute Gasteiger partial charge is 0.459 e. The SMILES string of the molecule is CC(=O)N(c1cccc(Cl)c1)c1nc(COC(=O)Cc2ccc(C)cc2)cs1. The maximum atomic E-state index is 12.1. The van der Waals surface area contributed by atoms with Crippen molar-refractivity contribution in [2.45, 2.75) is 26.9 Å². The van der Waals surface area contributed by atoms with Gasteiger partial charge in [0, 0.05) is 17.3 Å². The molecule has 0 saturated carbocycles. The van der Waals surface area contributed by atoms with E-state index in [1.807, 2.05) is 31.2 Å². The van der Waals surface area contributed by atoms with E-state index >= 15 is 0 Å². The fourth-order valence-electron chi connectivity index (χ4n) is 2.59. The van der Waals surface area contributed by atoms with Crippen molar-refractivity contribution in [3.8, 4) is 0 Å². The molecule has 0 aliphatic rings. The van der Waals surface area contributed by atoms with E-state index in [9.17, 15) is 9.59 Å². The van der Waals surface area contributed by atoms with Crippen LogP contribution in [0.4, 0.5) is 10.8 Å². The summed E-state index contributed by atoms with van der Waals surface area (Å²) >= 11 is 7.34. The van der Waals surface area contributed by atoms with Gasteiger partial charge < -0.3 is 4.74 Å². The summed E-state index contributed by atoms with van der Waals surface area (Å²) < 4.78 is 5.32. The summed E-state index contributed by atoms with van der Waals surface area (Å²) in [6, 6.07) is 14.7. The van der Waals surface area contributed by atoms with Crippen LogP contribution in [0.5, 0.6) is 0 Å². The Kier molecular flexibility index (Phi) is 6.44. The number of aryl methyl sites for hydroxylation is 1. The van der Waals surface area contributed by atoms with Gasteiger partial charge in [-0.1, -0.05) is 47.5 Å². The van der Waals surface area contributed by atoms with Gasteiger partial charge >= 0.3 is 5.97 Å². The number of anilines is 2. The first-order valence-electron chi connectivity index (χ1n) is 8.64. The number of hydrogen-bond acceptors (Lipinski definition) is 5. The van der Waals surface area contributed by atoms with Gasteiger partial charge in [-0.15, -0.1) is 11.3 Å². The molecular weight excluding hydrogens is 396 g/mol. The van der Waals surface area contributed by atoms with Crippen LogP contribution < -0.4 is 4.90 Å². The number of aromatic nitrogens is 1. The molecule has 3 aromatic rings. The number of carbonyl (C=O) groups excluding carboxylic acids is 2. The van der Waals surface area contributed by atoms with E-state index in [2.05, 4.69) is 4.98 Å². The average Bonchev–Trinajstić information content (AvgIpc) is 3.10. The third-order valence-corrected chi connectivity index (χ3v) is 5.07. The van der Waals surface area contributed by atoms with Crippen molar-refractivity contribution >= 4 is 45.6 Å². The molecule has 0 radical (unpaired) electrons. The zero-order valence-corrected chi connectivity index (χ0v) is 17.1. The molecule has 0 unspecified atom stereocenters. The second-order valence-electron chi connectivity index (χ2n) is 6.28. The Bertz CT molecular complexity index is 985. The van der Waals surface area contributed by atoms with Crippen molar-refractivity contribution in [1.29, 1.82) is 0 Å². The summed E-state index contributed by atoms with van der Waals surface area (Å²) in [5.74, 6) is -0.504. The van der Waals surface area contributed by atoms with Gasteiger partial charge in [0.15, 0.2) is 5.13 Å². The van der Waals surface area contributed by atoms with E-state index in [1.54, 1.807) is 29.6 Å². The summed E-state index contributed by atoms with van der Waals surface area (Å²) in [7, 11) is 0. The van der Waals surface area contributed by atoms with Crippen molar-refractivity contribution in [2.75, 3.05) is 4.90 Å². The van der Waals surface area contributed by atoms with E-state index in [-0.39, 0.29) is 24.9 Å². The van der Waals surface area contributed by atoms with Gasteiger partial charge in [-0.2, -0.15) is 0 Å². The molecule has 0 aliphatic carbocycles. The van der Waals surface area contributed by atoms with E-state index in [4.69, 9.17) is 16.3 Å². The highest BCUT2D eigenvalue weighted by atomic mass is 35.5. The number of esters is 1. The van der Waals surface area contributed by atoms with Crippen LogP contribution in [-0.4, -0.2) is 16.9 Å². The highest BCUT2D eigenvalue weighted by molar-refractivity contribution is 7.14. The number of rotatable bonds is 6. The Morgan fingerprint density at radius 3 is 2.61 bits per heavy atom. The van der Waals surface area contributed by atoms with Crippen molar-refractivity contribution < 1.29 is 14.3 Å². The molecule has 0 bridgehead atoms. The molecule has 1 amide bonds. The lowest BCUT2D eigenvalue weighted by molar-refractivity contribution is -0.144. The molecule has 0 aliphatic heterocycles. The smallest absolute Gasteiger partial charge is 0.310 e. The molecule has 0 spiro atoms. The number of nitrogens with zero attached hydrogens (tertiary/aromatic N) is 2. The van der Waals surface area contributed by atoms with Crippen LogP contribution in [0.15, 0.2) is 53.9 Å². The molecule has 0 atom stereocenters. The first kappa shape index (κ1) is 20.0. The minimum atomic E-state index is -0.323. The summed E-state index contributed by atoms with van der Waals surface area (Å²) in [6.07, 6.45) is 0.208. The maximum Gasteiger partial charge on any atom is 0.310 e. The Hall–Kier alpha value is -2.70. The number of halogens is 1. The zero-order chi connectivity index (χ0) is 20.1. The third kappa shape index (κ3) is 5.18. The van der Waals surface area contributed by atoms with E-state index in [0.29, 0.717) is 21.5 Å². The Morgan fingerprint density at radius 2 is 1.93 bits per heavy atom. The van der Waals surface area contributed by atoms with E-state index in [0.717, 1.165) is 11.1 Å². The molecular formula is C21H19ClN2O3S. The van der Waals surface area contributed by atoms with E-state index < -0.39 is 0 Å². The highest BCUT2D eigenvalue weighted by Gasteiger charge is 2.18. The van der Waals surface area contributed by atoms with Crippen molar-refractivity contribution in [3.63, 3.8) is 0 Å². The van der Waals surface area contributed by atoms with Crippen LogP contribution in [0, 0.1) is 6.92 Å². The number of carbonyl (C=O) groups is 2. The van der Waals surface area contributed by atoms with Crippen molar-refractivity contribution in [2.24, 2.45) is 0 Å². The number of amides is 1. The topological polar surface area (TPSA) is 59.5 Å². The molecule has 7 heteroatoms. The van der Waals surface area contributed by atoms with Gasteiger partial charge in [-0.05, 0) is 30.7 Å². The van der Waals surface area contributed by atoms with Crippen LogP contribution in [0.3, 0.4) is 0 Å². The fraction of sp³-hybridized carbons (Fsp3) is 0.190. The number of thiazole rings is 1. The number of ether oxygens (including phenoxy) is 1. The van der Waals surface area contributed by atoms with Crippen molar-refractivity contribution in [3.05, 3.63) is 75.8 Å². The fourth-order valence-corrected chi connectivity index (χ4v) is 3.64. The molecule has 0 N–H and O–H groups in total. The summed E-state index contributed by atoms with van der Waals surface area (Å²) in [5.41, 5.74) is 3.27. The summed E-state index contributed by atoms with van der Waals surface area (Å²) in [4.78, 5) is 30.1. The number of benzene rings is 2. The lowest BCUT2D eigenvalue weighted by atomic mass is 10.1. The lowest BCUT2D eigenvalue weighted by Gasteiger charge is -2.18. The first-order chi connectivity index (χ1) is 13.4. The van der Waals surface area contributed by atoms with Gasteiger partial charge in [0.25, 0.3) is 0 Å². The predicted molar refractivity (Wildman–Crippen MR) is 111 cm³/mol. The Balaban J connectivity index is 1.64. The molecule has 28 heavy (non-hydrogen) atoms. The van der Waals surface area contributed by atoms with Crippen LogP contribution >= 0.6 is 22.9 Å². The van der Waals surface area contributed by atoms with Gasteiger partial charge in [-0.3, -0.25) is 14.5 Å². The summed E-state index contributed by atoms with van der Waals surface area (Å²) in [6.45, 7) is 3.52. The second-order valence-corrected chi connectivity index (χ2v) is 7.55. The predicted octanol–water partition coefficient (Wildman–Crippen LogP) is 5.08. The molecule has 5 nitrogen and oxygen atoms in total. The first-order valence-corrected chi connectivity index (χ1v) is 9.90. The monoisotopic (exact) mass is 414 g/mol. The van der Waals surface area contributed by atoms with Crippen LogP contribution in [0.2, 0.25) is 5.02 Å². The molecule has 3 rings (SSSR count). The highest BCUT2D eigenvalue weighted by Crippen LogP contribution is 2.30. The quantitative estimate of drug-likeness (QED) is 0.528. The molecule has 1 aromatic heterocycles. The zero-order valence-electron chi connectivity index (χ0n) is 15.5. The molecule has 144 valence electrons. The average molecular weight is 415 g/mol. The third-order valence-electron chi connectivity index (χ3n) is 3.96. The van der Waals surface area contributed by atoms with Crippen LogP contribution in [-0.2, 0) is 27.4 Å². The summed E-state index contributed by atoms with van der Waals surface area (Å²) in [5, 5.41) is 2.81. The van der Waals surface area contributed by atoms with Crippen LogP contribution in [0.25, 0.3) is 0 Å². The van der Waals surface area contributed by atoms with Gasteiger partial charge in [-0.25, -0.2) is 4.98 Å².